The van der Waals surface area contributed by atoms with E-state index in [1.54, 1.807) is 0 Å². The van der Waals surface area contributed by atoms with E-state index in [-0.39, 0.29) is 11.9 Å². The molecule has 1 amide bonds. The number of carbonyl (C=O) groups excluding carboxylic acids is 1. The Kier molecular flexibility index (Phi) is 3.22. The lowest BCUT2D eigenvalue weighted by atomic mass is 9.95. The van der Waals surface area contributed by atoms with Crippen LogP contribution in [-0.4, -0.2) is 24.2 Å². The Hall–Kier alpha value is -1.39. The van der Waals surface area contributed by atoms with E-state index in [0.717, 1.165) is 12.1 Å². The molecule has 0 aromatic heterocycles. The Morgan fingerprint density at radius 2 is 2.44 bits per heavy atom. The first-order valence-corrected chi connectivity index (χ1v) is 5.41. The van der Waals surface area contributed by atoms with E-state index in [1.165, 1.54) is 11.1 Å². The van der Waals surface area contributed by atoms with Crippen molar-refractivity contribution < 1.29 is 9.90 Å². The van der Waals surface area contributed by atoms with Crippen LogP contribution in [-0.2, 0) is 11.3 Å². The molecule has 2 rings (SSSR count). The highest BCUT2D eigenvalue weighted by molar-refractivity contribution is 5.77. The van der Waals surface area contributed by atoms with Crippen LogP contribution in [0.25, 0.3) is 0 Å². The number of fused-ring (bicyclic) bond motifs is 1. The molecular formula is C12H16N2O2. The maximum atomic E-state index is 11.2. The summed E-state index contributed by atoms with van der Waals surface area (Å²) < 4.78 is 0. The molecule has 0 spiro atoms. The lowest BCUT2D eigenvalue weighted by Gasteiger charge is -2.27. The van der Waals surface area contributed by atoms with Gasteiger partial charge in [0.25, 0.3) is 0 Å². The van der Waals surface area contributed by atoms with Crippen molar-refractivity contribution in [2.75, 3.05) is 13.2 Å². The van der Waals surface area contributed by atoms with Crippen LogP contribution in [0.15, 0.2) is 18.2 Å². The fraction of sp³-hybridized carbons (Fsp3) is 0.417. The fourth-order valence-corrected chi connectivity index (χ4v) is 2.03. The summed E-state index contributed by atoms with van der Waals surface area (Å²) in [5.41, 5.74) is 3.55. The van der Waals surface area contributed by atoms with E-state index in [1.807, 2.05) is 6.92 Å². The van der Waals surface area contributed by atoms with E-state index in [9.17, 15) is 4.79 Å². The molecule has 3 N–H and O–H groups in total. The molecule has 1 heterocycles. The first-order valence-electron chi connectivity index (χ1n) is 5.41. The van der Waals surface area contributed by atoms with Gasteiger partial charge in [0.05, 0.1) is 6.04 Å². The number of amides is 1. The molecule has 0 saturated carbocycles. The molecule has 1 aromatic rings. The molecule has 16 heavy (non-hydrogen) atoms. The van der Waals surface area contributed by atoms with Gasteiger partial charge in [0, 0.05) is 13.1 Å². The van der Waals surface area contributed by atoms with E-state index in [0.29, 0.717) is 6.54 Å². The van der Waals surface area contributed by atoms with Crippen molar-refractivity contribution in [1.82, 2.24) is 10.6 Å². The fourth-order valence-electron chi connectivity index (χ4n) is 2.03. The molecule has 1 aliphatic rings. The molecule has 1 unspecified atom stereocenters. The van der Waals surface area contributed by atoms with Crippen LogP contribution in [0.3, 0.4) is 0 Å². The first-order chi connectivity index (χ1) is 7.70. The Morgan fingerprint density at radius 1 is 1.62 bits per heavy atom. The van der Waals surface area contributed by atoms with E-state index < -0.39 is 6.61 Å². The van der Waals surface area contributed by atoms with Gasteiger partial charge in [-0.15, -0.1) is 0 Å². The number of hydrogen-bond donors (Lipinski definition) is 3. The average molecular weight is 220 g/mol. The van der Waals surface area contributed by atoms with Crippen LogP contribution in [0.5, 0.6) is 0 Å². The minimum absolute atomic E-state index is 0.0386. The number of nitrogens with one attached hydrogen (secondary N) is 2. The summed E-state index contributed by atoms with van der Waals surface area (Å²) >= 11 is 0. The van der Waals surface area contributed by atoms with E-state index in [2.05, 4.69) is 28.8 Å². The third-order valence-electron chi connectivity index (χ3n) is 2.82. The molecule has 0 aliphatic carbocycles. The second kappa shape index (κ2) is 4.63. The highest BCUT2D eigenvalue weighted by atomic mass is 16.3. The van der Waals surface area contributed by atoms with Crippen molar-refractivity contribution >= 4 is 5.91 Å². The molecule has 4 nitrogen and oxygen atoms in total. The summed E-state index contributed by atoms with van der Waals surface area (Å²) in [4.78, 5) is 11.2. The lowest BCUT2D eigenvalue weighted by molar-refractivity contribution is -0.124. The summed E-state index contributed by atoms with van der Waals surface area (Å²) in [6.07, 6.45) is 0. The SMILES string of the molecule is Cc1ccc2c(c1)C(NC(=O)CO)CNC2. The predicted molar refractivity (Wildman–Crippen MR) is 60.9 cm³/mol. The lowest BCUT2D eigenvalue weighted by Crippen LogP contribution is -2.40. The number of aliphatic hydroxyl groups is 1. The second-order valence-electron chi connectivity index (χ2n) is 4.11. The van der Waals surface area contributed by atoms with Gasteiger partial charge in [-0.2, -0.15) is 0 Å². The molecule has 1 aromatic carbocycles. The number of aliphatic hydroxyl groups excluding tert-OH is 1. The highest BCUT2D eigenvalue weighted by Crippen LogP contribution is 2.22. The number of rotatable bonds is 2. The Balaban J connectivity index is 2.24. The summed E-state index contributed by atoms with van der Waals surface area (Å²) in [7, 11) is 0. The van der Waals surface area contributed by atoms with E-state index >= 15 is 0 Å². The van der Waals surface area contributed by atoms with Gasteiger partial charge in [0.1, 0.15) is 6.61 Å². The Labute approximate surface area is 94.7 Å². The number of carbonyl (C=O) groups is 1. The summed E-state index contributed by atoms with van der Waals surface area (Å²) in [5.74, 6) is -0.332. The van der Waals surface area contributed by atoms with Crippen LogP contribution in [0.2, 0.25) is 0 Å². The van der Waals surface area contributed by atoms with Gasteiger partial charge >= 0.3 is 0 Å². The predicted octanol–water partition coefficient (Wildman–Crippen LogP) is 0.248. The molecule has 0 saturated heterocycles. The molecule has 1 aliphatic heterocycles. The van der Waals surface area contributed by atoms with E-state index in [4.69, 9.17) is 5.11 Å². The smallest absolute Gasteiger partial charge is 0.246 e. The standard InChI is InChI=1S/C12H16N2O2/c1-8-2-3-9-5-13-6-11(10(9)4-8)14-12(16)7-15/h2-4,11,13,15H,5-7H2,1H3,(H,14,16). The average Bonchev–Trinajstić information content (AvgIpc) is 2.29. The van der Waals surface area contributed by atoms with Gasteiger partial charge < -0.3 is 15.7 Å². The van der Waals surface area contributed by atoms with Gasteiger partial charge in [-0.25, -0.2) is 0 Å². The highest BCUT2D eigenvalue weighted by Gasteiger charge is 2.20. The number of aryl methyl sites for hydroxylation is 1. The molecule has 86 valence electrons. The summed E-state index contributed by atoms with van der Waals surface area (Å²) in [6, 6.07) is 6.20. The van der Waals surface area contributed by atoms with Crippen molar-refractivity contribution in [3.05, 3.63) is 34.9 Å². The third kappa shape index (κ3) is 2.23. The second-order valence-corrected chi connectivity index (χ2v) is 4.11. The molecule has 0 fully saturated rings. The van der Waals surface area contributed by atoms with Gasteiger partial charge in [0.2, 0.25) is 5.91 Å². The van der Waals surface area contributed by atoms with Gasteiger partial charge in [-0.1, -0.05) is 23.8 Å². The van der Waals surface area contributed by atoms with Crippen LogP contribution < -0.4 is 10.6 Å². The van der Waals surface area contributed by atoms with Gasteiger partial charge in [-0.05, 0) is 18.1 Å². The Bertz CT molecular complexity index is 404. The number of hydrogen-bond acceptors (Lipinski definition) is 3. The van der Waals surface area contributed by atoms with Crippen molar-refractivity contribution in [2.45, 2.75) is 19.5 Å². The van der Waals surface area contributed by atoms with Crippen LogP contribution >= 0.6 is 0 Å². The Morgan fingerprint density at radius 3 is 3.19 bits per heavy atom. The minimum atomic E-state index is -0.461. The maximum Gasteiger partial charge on any atom is 0.246 e. The molecule has 1 atom stereocenters. The molecular weight excluding hydrogens is 204 g/mol. The maximum absolute atomic E-state index is 11.2. The number of benzene rings is 1. The molecule has 0 radical (unpaired) electrons. The quantitative estimate of drug-likeness (QED) is 0.669. The summed E-state index contributed by atoms with van der Waals surface area (Å²) in [5, 5.41) is 14.8. The zero-order valence-corrected chi connectivity index (χ0v) is 9.29. The van der Waals surface area contributed by atoms with Crippen molar-refractivity contribution in [3.63, 3.8) is 0 Å². The molecule has 0 bridgehead atoms. The third-order valence-corrected chi connectivity index (χ3v) is 2.82. The summed E-state index contributed by atoms with van der Waals surface area (Å²) in [6.45, 7) is 3.12. The molecule has 4 heteroatoms. The van der Waals surface area contributed by atoms with Gasteiger partial charge in [-0.3, -0.25) is 4.79 Å². The van der Waals surface area contributed by atoms with Crippen LogP contribution in [0, 0.1) is 6.92 Å². The monoisotopic (exact) mass is 220 g/mol. The van der Waals surface area contributed by atoms with Gasteiger partial charge in [0.15, 0.2) is 0 Å². The minimum Gasteiger partial charge on any atom is -0.387 e. The van der Waals surface area contributed by atoms with Crippen molar-refractivity contribution in [3.8, 4) is 0 Å². The van der Waals surface area contributed by atoms with Crippen LogP contribution in [0.1, 0.15) is 22.7 Å². The normalized spacial score (nSPS) is 19.0. The zero-order valence-electron chi connectivity index (χ0n) is 9.29. The van der Waals surface area contributed by atoms with Crippen molar-refractivity contribution in [1.29, 1.82) is 0 Å². The first kappa shape index (κ1) is 11.1. The van der Waals surface area contributed by atoms with Crippen molar-refractivity contribution in [2.24, 2.45) is 0 Å². The van der Waals surface area contributed by atoms with Crippen LogP contribution in [0.4, 0.5) is 0 Å². The topological polar surface area (TPSA) is 61.4 Å². The largest absolute Gasteiger partial charge is 0.387 e. The zero-order chi connectivity index (χ0) is 11.5.